The fourth-order valence-corrected chi connectivity index (χ4v) is 2.83. The van der Waals surface area contributed by atoms with Crippen LogP contribution in [0.5, 0.6) is 0 Å². The second-order valence-corrected chi connectivity index (χ2v) is 7.74. The van der Waals surface area contributed by atoms with E-state index in [1.54, 1.807) is 4.90 Å². The fraction of sp³-hybridized carbons (Fsp3) is 0.632. The molecule has 1 aromatic rings. The molecule has 0 bridgehead atoms. The monoisotopic (exact) mass is 334 g/mol. The van der Waals surface area contributed by atoms with Gasteiger partial charge in [-0.15, -0.1) is 0 Å². The van der Waals surface area contributed by atoms with Crippen molar-refractivity contribution in [3.05, 3.63) is 35.4 Å². The number of nitrogens with one attached hydrogen (secondary N) is 1. The topological polar surface area (TPSA) is 61.8 Å². The van der Waals surface area contributed by atoms with Crippen LogP contribution in [-0.2, 0) is 17.9 Å². The number of carbonyl (C=O) groups excluding carboxylic acids is 1. The SMILES string of the molecule is CC(CC1CN(C(=O)OC(C)(C)C)C1)NCc1ccc(CO)cc1. The Morgan fingerprint density at radius 3 is 2.42 bits per heavy atom. The van der Waals surface area contributed by atoms with Gasteiger partial charge in [0.1, 0.15) is 5.60 Å². The molecule has 1 amide bonds. The summed E-state index contributed by atoms with van der Waals surface area (Å²) in [5, 5.41) is 12.6. The van der Waals surface area contributed by atoms with Gasteiger partial charge in [-0.1, -0.05) is 24.3 Å². The quantitative estimate of drug-likeness (QED) is 0.840. The molecule has 5 heteroatoms. The summed E-state index contributed by atoms with van der Waals surface area (Å²) in [6.07, 6.45) is 0.844. The van der Waals surface area contributed by atoms with Crippen LogP contribution < -0.4 is 5.32 Å². The third-order valence-corrected chi connectivity index (χ3v) is 4.16. The van der Waals surface area contributed by atoms with Crippen molar-refractivity contribution in [2.24, 2.45) is 5.92 Å². The maximum absolute atomic E-state index is 11.9. The number of likely N-dealkylation sites (tertiary alicyclic amines) is 1. The van der Waals surface area contributed by atoms with Crippen LogP contribution in [0, 0.1) is 5.92 Å². The minimum atomic E-state index is -0.428. The summed E-state index contributed by atoms with van der Waals surface area (Å²) in [4.78, 5) is 13.7. The molecule has 0 radical (unpaired) electrons. The van der Waals surface area contributed by atoms with E-state index in [0.717, 1.165) is 31.6 Å². The van der Waals surface area contributed by atoms with Crippen molar-refractivity contribution < 1.29 is 14.6 Å². The number of hydrogen-bond acceptors (Lipinski definition) is 4. The molecule has 1 unspecified atom stereocenters. The second kappa shape index (κ2) is 7.99. The molecule has 0 aromatic heterocycles. The lowest BCUT2D eigenvalue weighted by atomic mass is 9.93. The Kier molecular flexibility index (Phi) is 6.24. The summed E-state index contributed by atoms with van der Waals surface area (Å²) in [6.45, 7) is 10.3. The van der Waals surface area contributed by atoms with Crippen LogP contribution in [0.15, 0.2) is 24.3 Å². The Hall–Kier alpha value is -1.59. The molecular formula is C19H30N2O3. The van der Waals surface area contributed by atoms with E-state index >= 15 is 0 Å². The van der Waals surface area contributed by atoms with E-state index in [-0.39, 0.29) is 12.7 Å². The molecule has 24 heavy (non-hydrogen) atoms. The average molecular weight is 334 g/mol. The minimum Gasteiger partial charge on any atom is -0.444 e. The van der Waals surface area contributed by atoms with Crippen molar-refractivity contribution >= 4 is 6.09 Å². The molecule has 2 rings (SSSR count). The van der Waals surface area contributed by atoms with Gasteiger partial charge in [0.25, 0.3) is 0 Å². The van der Waals surface area contributed by atoms with Gasteiger partial charge in [0.15, 0.2) is 0 Å². The molecule has 1 saturated heterocycles. The van der Waals surface area contributed by atoms with Crippen molar-refractivity contribution in [3.8, 4) is 0 Å². The van der Waals surface area contributed by atoms with Crippen molar-refractivity contribution in [2.75, 3.05) is 13.1 Å². The Bertz CT molecular complexity index is 531. The van der Waals surface area contributed by atoms with Crippen molar-refractivity contribution in [2.45, 2.75) is 58.9 Å². The molecule has 2 N–H and O–H groups in total. The molecule has 1 fully saturated rings. The zero-order valence-corrected chi connectivity index (χ0v) is 15.2. The van der Waals surface area contributed by atoms with E-state index in [2.05, 4.69) is 12.2 Å². The first-order chi connectivity index (χ1) is 11.3. The molecule has 5 nitrogen and oxygen atoms in total. The largest absolute Gasteiger partial charge is 0.444 e. The second-order valence-electron chi connectivity index (χ2n) is 7.74. The van der Waals surface area contributed by atoms with Gasteiger partial charge >= 0.3 is 6.09 Å². The molecule has 1 aliphatic rings. The van der Waals surface area contributed by atoms with Crippen LogP contribution in [-0.4, -0.2) is 40.8 Å². The molecule has 1 aliphatic heterocycles. The minimum absolute atomic E-state index is 0.0833. The molecule has 0 aliphatic carbocycles. The maximum atomic E-state index is 11.9. The third kappa shape index (κ3) is 5.80. The Balaban J connectivity index is 1.65. The molecule has 1 atom stereocenters. The van der Waals surface area contributed by atoms with Gasteiger partial charge in [-0.2, -0.15) is 0 Å². The van der Waals surface area contributed by atoms with Gasteiger partial charge in [-0.25, -0.2) is 4.79 Å². The van der Waals surface area contributed by atoms with Crippen LogP contribution in [0.3, 0.4) is 0 Å². The lowest BCUT2D eigenvalue weighted by Crippen LogP contribution is -2.52. The van der Waals surface area contributed by atoms with E-state index in [0.29, 0.717) is 12.0 Å². The van der Waals surface area contributed by atoms with Crippen LogP contribution in [0.25, 0.3) is 0 Å². The van der Waals surface area contributed by atoms with Crippen molar-refractivity contribution in [3.63, 3.8) is 0 Å². The first kappa shape index (κ1) is 18.7. The summed E-state index contributed by atoms with van der Waals surface area (Å²) in [7, 11) is 0. The van der Waals surface area contributed by atoms with Gasteiger partial charge in [0.05, 0.1) is 6.61 Å². The molecular weight excluding hydrogens is 304 g/mol. The number of hydrogen-bond donors (Lipinski definition) is 2. The summed E-state index contributed by atoms with van der Waals surface area (Å²) >= 11 is 0. The van der Waals surface area contributed by atoms with E-state index in [4.69, 9.17) is 9.84 Å². The van der Waals surface area contributed by atoms with E-state index in [1.165, 1.54) is 5.56 Å². The van der Waals surface area contributed by atoms with Crippen molar-refractivity contribution in [1.29, 1.82) is 0 Å². The molecule has 1 aromatic carbocycles. The summed E-state index contributed by atoms with van der Waals surface area (Å²) in [5.41, 5.74) is 1.72. The number of aliphatic hydroxyl groups excluding tert-OH is 1. The Morgan fingerprint density at radius 1 is 1.29 bits per heavy atom. The summed E-state index contributed by atoms with van der Waals surface area (Å²) in [6, 6.07) is 8.38. The lowest BCUT2D eigenvalue weighted by molar-refractivity contribution is -0.00331. The zero-order chi connectivity index (χ0) is 17.7. The smallest absolute Gasteiger partial charge is 0.410 e. The van der Waals surface area contributed by atoms with Gasteiger partial charge in [-0.05, 0) is 51.2 Å². The highest BCUT2D eigenvalue weighted by atomic mass is 16.6. The van der Waals surface area contributed by atoms with E-state index < -0.39 is 5.60 Å². The predicted octanol–water partition coefficient (Wildman–Crippen LogP) is 2.91. The highest BCUT2D eigenvalue weighted by molar-refractivity contribution is 5.69. The van der Waals surface area contributed by atoms with Gasteiger partial charge in [-0.3, -0.25) is 0 Å². The van der Waals surface area contributed by atoms with Crippen molar-refractivity contribution in [1.82, 2.24) is 10.2 Å². The fourth-order valence-electron chi connectivity index (χ4n) is 2.83. The van der Waals surface area contributed by atoms with E-state index in [9.17, 15) is 4.79 Å². The number of benzene rings is 1. The number of nitrogens with zero attached hydrogens (tertiary/aromatic N) is 1. The van der Waals surface area contributed by atoms with Crippen LogP contribution in [0.1, 0.15) is 45.2 Å². The Morgan fingerprint density at radius 2 is 1.88 bits per heavy atom. The molecule has 0 saturated carbocycles. The molecule has 134 valence electrons. The number of carbonyl (C=O) groups is 1. The lowest BCUT2D eigenvalue weighted by Gasteiger charge is -2.40. The first-order valence-electron chi connectivity index (χ1n) is 8.67. The highest BCUT2D eigenvalue weighted by Gasteiger charge is 2.34. The number of ether oxygens (including phenoxy) is 1. The average Bonchev–Trinajstić information content (AvgIpc) is 2.47. The Labute approximate surface area is 145 Å². The number of aliphatic hydroxyl groups is 1. The standard InChI is InChI=1S/C19H30N2O3/c1-14(20-10-15-5-7-16(13-22)8-6-15)9-17-11-21(12-17)18(23)24-19(2,3)4/h5-8,14,17,20,22H,9-13H2,1-4H3. The molecule has 0 spiro atoms. The van der Waals surface area contributed by atoms with Crippen LogP contribution in [0.4, 0.5) is 4.79 Å². The first-order valence-corrected chi connectivity index (χ1v) is 8.67. The summed E-state index contributed by atoms with van der Waals surface area (Å²) < 4.78 is 5.37. The van der Waals surface area contributed by atoms with E-state index in [1.807, 2.05) is 45.0 Å². The normalized spacial score (nSPS) is 16.6. The predicted molar refractivity (Wildman–Crippen MR) is 94.6 cm³/mol. The van der Waals surface area contributed by atoms with Gasteiger partial charge in [0, 0.05) is 25.7 Å². The highest BCUT2D eigenvalue weighted by Crippen LogP contribution is 2.23. The number of rotatable bonds is 6. The third-order valence-electron chi connectivity index (χ3n) is 4.16. The van der Waals surface area contributed by atoms with Gasteiger partial charge < -0.3 is 20.1 Å². The maximum Gasteiger partial charge on any atom is 0.410 e. The zero-order valence-electron chi connectivity index (χ0n) is 15.2. The molecule has 1 heterocycles. The van der Waals surface area contributed by atoms with Crippen LogP contribution in [0.2, 0.25) is 0 Å². The summed E-state index contributed by atoms with van der Waals surface area (Å²) in [5.74, 6) is 0.539. The van der Waals surface area contributed by atoms with Crippen LogP contribution >= 0.6 is 0 Å². The number of amides is 1. The van der Waals surface area contributed by atoms with Gasteiger partial charge in [0.2, 0.25) is 0 Å².